The van der Waals surface area contributed by atoms with E-state index < -0.39 is 22.4 Å². The van der Waals surface area contributed by atoms with Gasteiger partial charge in [-0.05, 0) is 42.5 Å². The van der Waals surface area contributed by atoms with Crippen LogP contribution in [0.4, 0.5) is 18.9 Å². The van der Waals surface area contributed by atoms with Crippen molar-refractivity contribution in [3.63, 3.8) is 0 Å². The highest BCUT2D eigenvalue weighted by Crippen LogP contribution is 2.36. The van der Waals surface area contributed by atoms with E-state index >= 15 is 0 Å². The minimum Gasteiger partial charge on any atom is -0.422 e. The highest BCUT2D eigenvalue weighted by molar-refractivity contribution is 9.10. The Kier molecular flexibility index (Phi) is 6.30. The summed E-state index contributed by atoms with van der Waals surface area (Å²) < 4.78 is 45.3. The Labute approximate surface area is 201 Å². The van der Waals surface area contributed by atoms with Crippen LogP contribution >= 0.6 is 38.9 Å². The number of nitrogens with zero attached hydrogens (tertiary/aromatic N) is 2. The molecular weight excluding hydrogens is 543 g/mol. The molecule has 0 radical (unpaired) electrons. The minimum atomic E-state index is -4.61. The predicted molar refractivity (Wildman–Crippen MR) is 125 cm³/mol. The average Bonchev–Trinajstić information content (AvgIpc) is 3.24. The van der Waals surface area contributed by atoms with Crippen molar-refractivity contribution < 1.29 is 17.6 Å². The summed E-state index contributed by atoms with van der Waals surface area (Å²) >= 11 is 10.1. The van der Waals surface area contributed by atoms with Gasteiger partial charge in [0.25, 0.3) is 0 Å². The standard InChI is InChI=1S/C22H10BrClF3N3O2S/c23-13-1-4-19-11(5-13)6-15(21(31)32-19)18-10-33-20(30-18)12(8-28)9-29-14-2-3-17(24)16(7-14)22(25,26)27/h1-7,9-10,29H/b12-9-. The van der Waals surface area contributed by atoms with Gasteiger partial charge < -0.3 is 9.73 Å². The van der Waals surface area contributed by atoms with Gasteiger partial charge in [-0.25, -0.2) is 9.78 Å². The second kappa shape index (κ2) is 9.02. The van der Waals surface area contributed by atoms with E-state index in [0.29, 0.717) is 16.7 Å². The first-order valence-electron chi connectivity index (χ1n) is 9.09. The number of hydrogen-bond acceptors (Lipinski definition) is 6. The van der Waals surface area contributed by atoms with Crippen LogP contribution in [0.15, 0.2) is 67.7 Å². The van der Waals surface area contributed by atoms with Gasteiger partial charge in [0.15, 0.2) is 0 Å². The molecule has 2 heterocycles. The second-order valence-corrected chi connectivity index (χ2v) is 8.86. The van der Waals surface area contributed by atoms with Crippen molar-refractivity contribution in [2.24, 2.45) is 0 Å². The summed E-state index contributed by atoms with van der Waals surface area (Å²) in [6, 6.07) is 12.1. The normalized spacial score (nSPS) is 12.1. The molecule has 2 aromatic heterocycles. The van der Waals surface area contributed by atoms with E-state index in [1.165, 1.54) is 12.3 Å². The number of nitriles is 1. The van der Waals surface area contributed by atoms with Crippen LogP contribution in [-0.4, -0.2) is 4.98 Å². The minimum absolute atomic E-state index is 0.0719. The summed E-state index contributed by atoms with van der Waals surface area (Å²) in [5.41, 5.74) is -0.445. The molecule has 5 nitrogen and oxygen atoms in total. The van der Waals surface area contributed by atoms with Gasteiger partial charge in [0.05, 0.1) is 21.8 Å². The molecule has 11 heteroatoms. The number of thiazole rings is 1. The number of anilines is 1. The van der Waals surface area contributed by atoms with Crippen LogP contribution in [-0.2, 0) is 6.18 Å². The Morgan fingerprint density at radius 2 is 2.03 bits per heavy atom. The zero-order valence-corrected chi connectivity index (χ0v) is 19.4. The summed E-state index contributed by atoms with van der Waals surface area (Å²) in [6.07, 6.45) is -3.37. The van der Waals surface area contributed by atoms with Crippen LogP contribution in [0.2, 0.25) is 5.02 Å². The summed E-state index contributed by atoms with van der Waals surface area (Å²) in [5.74, 6) is 0. The second-order valence-electron chi connectivity index (χ2n) is 6.67. The summed E-state index contributed by atoms with van der Waals surface area (Å²) in [5, 5.41) is 14.3. The first-order valence-corrected chi connectivity index (χ1v) is 11.1. The number of halogens is 5. The number of fused-ring (bicyclic) bond motifs is 1. The van der Waals surface area contributed by atoms with Crippen LogP contribution < -0.4 is 10.9 Å². The molecule has 0 saturated carbocycles. The van der Waals surface area contributed by atoms with Gasteiger partial charge in [0.1, 0.15) is 22.2 Å². The molecule has 0 amide bonds. The highest BCUT2D eigenvalue weighted by Gasteiger charge is 2.33. The van der Waals surface area contributed by atoms with E-state index in [9.17, 15) is 23.2 Å². The monoisotopic (exact) mass is 551 g/mol. The van der Waals surface area contributed by atoms with Gasteiger partial charge in [0, 0.05) is 27.1 Å². The van der Waals surface area contributed by atoms with E-state index in [1.807, 2.05) is 6.07 Å². The molecule has 4 aromatic rings. The Balaban J connectivity index is 1.64. The van der Waals surface area contributed by atoms with Gasteiger partial charge in [-0.2, -0.15) is 18.4 Å². The van der Waals surface area contributed by atoms with Crippen molar-refractivity contribution >= 4 is 61.1 Å². The van der Waals surface area contributed by atoms with Crippen molar-refractivity contribution in [1.82, 2.24) is 4.98 Å². The molecule has 4 rings (SSSR count). The summed E-state index contributed by atoms with van der Waals surface area (Å²) in [7, 11) is 0. The number of nitrogens with one attached hydrogen (secondary N) is 1. The summed E-state index contributed by atoms with van der Waals surface area (Å²) in [4.78, 5) is 16.7. The molecule has 0 saturated heterocycles. The maximum atomic E-state index is 13.1. The molecule has 0 aliphatic carbocycles. The topological polar surface area (TPSA) is 78.9 Å². The number of allylic oxidation sites excluding steroid dienone is 1. The first kappa shape index (κ1) is 23.0. The maximum absolute atomic E-state index is 13.1. The first-order chi connectivity index (χ1) is 15.7. The molecule has 0 bridgehead atoms. The van der Waals surface area contributed by atoms with Gasteiger partial charge in [-0.1, -0.05) is 27.5 Å². The summed E-state index contributed by atoms with van der Waals surface area (Å²) in [6.45, 7) is 0. The van der Waals surface area contributed by atoms with E-state index in [1.54, 1.807) is 29.6 Å². The molecule has 166 valence electrons. The maximum Gasteiger partial charge on any atom is 0.417 e. The van der Waals surface area contributed by atoms with E-state index in [0.717, 1.165) is 27.9 Å². The van der Waals surface area contributed by atoms with E-state index in [-0.39, 0.29) is 21.8 Å². The number of rotatable bonds is 4. The van der Waals surface area contributed by atoms with Crippen molar-refractivity contribution in [3.05, 3.63) is 84.5 Å². The molecule has 2 aromatic carbocycles. The van der Waals surface area contributed by atoms with Crippen molar-refractivity contribution in [3.8, 4) is 17.3 Å². The van der Waals surface area contributed by atoms with Gasteiger partial charge >= 0.3 is 11.8 Å². The van der Waals surface area contributed by atoms with Gasteiger partial charge in [-0.15, -0.1) is 11.3 Å². The molecule has 33 heavy (non-hydrogen) atoms. The zero-order valence-electron chi connectivity index (χ0n) is 16.2. The molecule has 0 atom stereocenters. The largest absolute Gasteiger partial charge is 0.422 e. The predicted octanol–water partition coefficient (Wildman–Crippen LogP) is 7.33. The van der Waals surface area contributed by atoms with E-state index in [2.05, 4.69) is 26.2 Å². The molecule has 0 spiro atoms. The third-order valence-corrected chi connectivity index (χ3v) is 6.18. The fourth-order valence-electron chi connectivity index (χ4n) is 2.92. The van der Waals surface area contributed by atoms with Gasteiger partial charge in [0.2, 0.25) is 0 Å². The molecule has 0 fully saturated rings. The third-order valence-electron chi connectivity index (χ3n) is 4.48. The highest BCUT2D eigenvalue weighted by atomic mass is 79.9. The lowest BCUT2D eigenvalue weighted by molar-refractivity contribution is -0.137. The van der Waals surface area contributed by atoms with Crippen LogP contribution in [0.5, 0.6) is 0 Å². The molecule has 1 N–H and O–H groups in total. The Hall–Kier alpha value is -3.13. The molecule has 0 aliphatic rings. The van der Waals surface area contributed by atoms with Crippen molar-refractivity contribution in [1.29, 1.82) is 5.26 Å². The third kappa shape index (κ3) is 4.95. The lowest BCUT2D eigenvalue weighted by Crippen LogP contribution is -2.06. The Morgan fingerprint density at radius 1 is 1.24 bits per heavy atom. The fourth-order valence-corrected chi connectivity index (χ4v) is 4.31. The number of alkyl halides is 3. The fraction of sp³-hybridized carbons (Fsp3) is 0.0455. The zero-order chi connectivity index (χ0) is 23.8. The lowest BCUT2D eigenvalue weighted by Gasteiger charge is -2.10. The molecule has 0 aliphatic heterocycles. The molecule has 0 unspecified atom stereocenters. The Morgan fingerprint density at radius 3 is 2.76 bits per heavy atom. The molecular formula is C22H10BrClF3N3O2S. The smallest absolute Gasteiger partial charge is 0.417 e. The van der Waals surface area contributed by atoms with Crippen LogP contribution in [0, 0.1) is 11.3 Å². The quantitative estimate of drug-likeness (QED) is 0.212. The van der Waals surface area contributed by atoms with E-state index in [4.69, 9.17) is 16.0 Å². The number of hydrogen-bond donors (Lipinski definition) is 1. The number of aromatic nitrogens is 1. The van der Waals surface area contributed by atoms with Crippen LogP contribution in [0.25, 0.3) is 27.8 Å². The van der Waals surface area contributed by atoms with Crippen LogP contribution in [0.3, 0.4) is 0 Å². The number of benzene rings is 2. The Bertz CT molecular complexity index is 1510. The van der Waals surface area contributed by atoms with Crippen molar-refractivity contribution in [2.75, 3.05) is 5.32 Å². The van der Waals surface area contributed by atoms with Gasteiger partial charge in [-0.3, -0.25) is 0 Å². The lowest BCUT2D eigenvalue weighted by atomic mass is 10.1. The SMILES string of the molecule is N#C/C(=C/Nc1ccc(Cl)c(C(F)(F)F)c1)c1nc(-c2cc3cc(Br)ccc3oc2=O)cs1. The van der Waals surface area contributed by atoms with Crippen LogP contribution in [0.1, 0.15) is 10.6 Å². The average molecular weight is 553 g/mol. The van der Waals surface area contributed by atoms with Crippen molar-refractivity contribution in [2.45, 2.75) is 6.18 Å².